The van der Waals surface area contributed by atoms with Crippen molar-refractivity contribution in [3.05, 3.63) is 0 Å². The first kappa shape index (κ1) is 13.0. The third-order valence-electron chi connectivity index (χ3n) is 4.29. The second kappa shape index (κ2) is 5.34. The molecule has 0 radical (unpaired) electrons. The van der Waals surface area contributed by atoms with Crippen LogP contribution >= 0.6 is 0 Å². The summed E-state index contributed by atoms with van der Waals surface area (Å²) in [6.07, 6.45) is 8.29. The summed E-state index contributed by atoms with van der Waals surface area (Å²) in [7, 11) is 0. The summed E-state index contributed by atoms with van der Waals surface area (Å²) >= 11 is 0. The molecule has 2 N–H and O–H groups in total. The molecule has 0 bridgehead atoms. The third-order valence-corrected chi connectivity index (χ3v) is 4.29. The van der Waals surface area contributed by atoms with Crippen LogP contribution < -0.4 is 5.73 Å². The van der Waals surface area contributed by atoms with Crippen molar-refractivity contribution in [3.63, 3.8) is 0 Å². The Morgan fingerprint density at radius 2 is 1.87 bits per heavy atom. The monoisotopic (exact) mass is 211 g/mol. The van der Waals surface area contributed by atoms with Crippen LogP contribution in [0.4, 0.5) is 0 Å². The van der Waals surface area contributed by atoms with Gasteiger partial charge in [0.2, 0.25) is 0 Å². The van der Waals surface area contributed by atoms with Gasteiger partial charge in [0.15, 0.2) is 0 Å². The number of nitrogens with two attached hydrogens (primary N) is 1. The molecular formula is C14H29N. The molecule has 0 heterocycles. The van der Waals surface area contributed by atoms with E-state index >= 15 is 0 Å². The second-order valence-corrected chi connectivity index (χ2v) is 6.23. The van der Waals surface area contributed by atoms with E-state index in [0.717, 1.165) is 11.8 Å². The van der Waals surface area contributed by atoms with Gasteiger partial charge in [0.25, 0.3) is 0 Å². The largest absolute Gasteiger partial charge is 0.328 e. The van der Waals surface area contributed by atoms with Gasteiger partial charge in [-0.3, -0.25) is 0 Å². The topological polar surface area (TPSA) is 26.0 Å². The molecule has 0 saturated heterocycles. The smallest absolute Gasteiger partial charge is 0.00156 e. The third kappa shape index (κ3) is 3.48. The Balaban J connectivity index is 2.64. The molecule has 0 aromatic heterocycles. The molecule has 1 nitrogen and oxygen atoms in total. The summed E-state index contributed by atoms with van der Waals surface area (Å²) in [5.74, 6) is 1.86. The fourth-order valence-electron chi connectivity index (χ4n) is 3.71. The fourth-order valence-corrected chi connectivity index (χ4v) is 3.71. The van der Waals surface area contributed by atoms with Crippen LogP contribution in [0.25, 0.3) is 0 Å². The van der Waals surface area contributed by atoms with E-state index in [2.05, 4.69) is 27.7 Å². The number of rotatable bonds is 4. The van der Waals surface area contributed by atoms with Crippen LogP contribution in [0.3, 0.4) is 0 Å². The van der Waals surface area contributed by atoms with E-state index in [1.807, 2.05) is 0 Å². The van der Waals surface area contributed by atoms with Gasteiger partial charge in [-0.15, -0.1) is 0 Å². The van der Waals surface area contributed by atoms with Gasteiger partial charge in [0.1, 0.15) is 0 Å². The Bertz CT molecular complexity index is 184. The zero-order valence-electron chi connectivity index (χ0n) is 11.1. The van der Waals surface area contributed by atoms with E-state index < -0.39 is 0 Å². The van der Waals surface area contributed by atoms with Crippen LogP contribution in [0.15, 0.2) is 0 Å². The van der Waals surface area contributed by atoms with E-state index in [1.54, 1.807) is 0 Å². The molecule has 0 aliphatic heterocycles. The molecule has 0 spiro atoms. The van der Waals surface area contributed by atoms with Crippen molar-refractivity contribution in [2.75, 3.05) is 0 Å². The summed E-state index contributed by atoms with van der Waals surface area (Å²) in [6.45, 7) is 9.35. The first-order chi connectivity index (χ1) is 6.97. The first-order valence-corrected chi connectivity index (χ1v) is 6.73. The molecule has 1 heteroatoms. The van der Waals surface area contributed by atoms with Crippen LogP contribution in [-0.4, -0.2) is 6.04 Å². The molecule has 1 fully saturated rings. The summed E-state index contributed by atoms with van der Waals surface area (Å²) in [4.78, 5) is 0. The van der Waals surface area contributed by atoms with Crippen molar-refractivity contribution in [2.45, 2.75) is 72.3 Å². The highest BCUT2D eigenvalue weighted by molar-refractivity contribution is 4.87. The average molecular weight is 211 g/mol. The lowest BCUT2D eigenvalue weighted by atomic mass is 9.63. The Morgan fingerprint density at radius 3 is 2.40 bits per heavy atom. The molecule has 3 unspecified atom stereocenters. The predicted octanol–water partition coefficient (Wildman–Crippen LogP) is 3.97. The van der Waals surface area contributed by atoms with Crippen LogP contribution in [-0.2, 0) is 0 Å². The van der Waals surface area contributed by atoms with Crippen LogP contribution in [0.1, 0.15) is 66.2 Å². The first-order valence-electron chi connectivity index (χ1n) is 6.73. The van der Waals surface area contributed by atoms with Gasteiger partial charge in [-0.1, -0.05) is 46.5 Å². The van der Waals surface area contributed by atoms with Crippen molar-refractivity contribution in [1.29, 1.82) is 0 Å². The Kier molecular flexibility index (Phi) is 4.64. The molecule has 0 aromatic rings. The zero-order chi connectivity index (χ0) is 11.5. The van der Waals surface area contributed by atoms with E-state index in [4.69, 9.17) is 5.73 Å². The van der Waals surface area contributed by atoms with Crippen molar-refractivity contribution in [1.82, 2.24) is 0 Å². The highest BCUT2D eigenvalue weighted by atomic mass is 14.6. The lowest BCUT2D eigenvalue weighted by molar-refractivity contribution is 0.0769. The highest BCUT2D eigenvalue weighted by Gasteiger charge is 2.36. The Morgan fingerprint density at radius 1 is 1.27 bits per heavy atom. The standard InChI is InChI=1S/C14H29N/c1-5-12-8-6-7-9-13(12)14(3,4)10-11(2)15/h11-13H,5-10,15H2,1-4H3. The maximum absolute atomic E-state index is 5.97. The van der Waals surface area contributed by atoms with Crippen molar-refractivity contribution in [2.24, 2.45) is 23.0 Å². The maximum Gasteiger partial charge on any atom is 0.00156 e. The zero-order valence-corrected chi connectivity index (χ0v) is 11.1. The van der Waals surface area contributed by atoms with Gasteiger partial charge >= 0.3 is 0 Å². The summed E-state index contributed by atoms with van der Waals surface area (Å²) in [6, 6.07) is 0.347. The van der Waals surface area contributed by atoms with Crippen LogP contribution in [0.5, 0.6) is 0 Å². The highest BCUT2D eigenvalue weighted by Crippen LogP contribution is 2.45. The van der Waals surface area contributed by atoms with E-state index in [9.17, 15) is 0 Å². The van der Waals surface area contributed by atoms with Gasteiger partial charge in [0.05, 0.1) is 0 Å². The van der Waals surface area contributed by atoms with E-state index in [1.165, 1.54) is 38.5 Å². The lowest BCUT2D eigenvalue weighted by Gasteiger charge is -2.43. The lowest BCUT2D eigenvalue weighted by Crippen LogP contribution is -2.37. The number of hydrogen-bond donors (Lipinski definition) is 1. The van der Waals surface area contributed by atoms with Gasteiger partial charge in [-0.2, -0.15) is 0 Å². The predicted molar refractivity (Wildman–Crippen MR) is 67.8 cm³/mol. The van der Waals surface area contributed by atoms with Crippen molar-refractivity contribution in [3.8, 4) is 0 Å². The maximum atomic E-state index is 5.97. The SMILES string of the molecule is CCC1CCCCC1C(C)(C)CC(C)N. The summed E-state index contributed by atoms with van der Waals surface area (Å²) in [5.41, 5.74) is 6.41. The molecule has 90 valence electrons. The minimum absolute atomic E-state index is 0.347. The molecule has 0 amide bonds. The average Bonchev–Trinajstić information content (AvgIpc) is 2.16. The van der Waals surface area contributed by atoms with Gasteiger partial charge in [-0.05, 0) is 37.0 Å². The van der Waals surface area contributed by atoms with Gasteiger partial charge in [-0.25, -0.2) is 0 Å². The minimum Gasteiger partial charge on any atom is -0.328 e. The van der Waals surface area contributed by atoms with Gasteiger partial charge < -0.3 is 5.73 Å². The minimum atomic E-state index is 0.347. The Labute approximate surface area is 95.8 Å². The van der Waals surface area contributed by atoms with E-state index in [0.29, 0.717) is 11.5 Å². The molecule has 1 aliphatic rings. The summed E-state index contributed by atoms with van der Waals surface area (Å²) in [5, 5.41) is 0. The fraction of sp³-hybridized carbons (Fsp3) is 1.00. The molecule has 1 saturated carbocycles. The van der Waals surface area contributed by atoms with Gasteiger partial charge in [0, 0.05) is 6.04 Å². The van der Waals surface area contributed by atoms with Crippen LogP contribution in [0.2, 0.25) is 0 Å². The molecule has 15 heavy (non-hydrogen) atoms. The summed E-state index contributed by atoms with van der Waals surface area (Å²) < 4.78 is 0. The molecule has 0 aromatic carbocycles. The Hall–Kier alpha value is -0.0400. The van der Waals surface area contributed by atoms with Crippen molar-refractivity contribution < 1.29 is 0 Å². The second-order valence-electron chi connectivity index (χ2n) is 6.23. The molecule has 1 aliphatic carbocycles. The number of hydrogen-bond acceptors (Lipinski definition) is 1. The van der Waals surface area contributed by atoms with Crippen LogP contribution in [0, 0.1) is 17.3 Å². The molecule has 3 atom stereocenters. The quantitative estimate of drug-likeness (QED) is 0.748. The molecule has 1 rings (SSSR count). The van der Waals surface area contributed by atoms with E-state index in [-0.39, 0.29) is 0 Å². The normalized spacial score (nSPS) is 30.2. The van der Waals surface area contributed by atoms with Crippen molar-refractivity contribution >= 4 is 0 Å². The molecular weight excluding hydrogens is 182 g/mol.